The average Bonchev–Trinajstić information content (AvgIpc) is 1.75. The summed E-state index contributed by atoms with van der Waals surface area (Å²) < 4.78 is 77.6. The number of hydrogen-bond acceptors (Lipinski definition) is 32. The van der Waals surface area contributed by atoms with Crippen LogP contribution in [0.5, 0.6) is 11.5 Å². The maximum Gasteiger partial charge on any atom is 0.338 e. The van der Waals surface area contributed by atoms with Gasteiger partial charge in [-0.2, -0.15) is 0 Å². The molecule has 0 saturated carbocycles. The highest BCUT2D eigenvalue weighted by molar-refractivity contribution is 5.90. The van der Waals surface area contributed by atoms with Gasteiger partial charge in [-0.15, -0.1) is 0 Å². The van der Waals surface area contributed by atoms with Crippen molar-refractivity contribution in [1.29, 1.82) is 0 Å². The van der Waals surface area contributed by atoms with E-state index in [1.807, 2.05) is 0 Å². The summed E-state index contributed by atoms with van der Waals surface area (Å²) in [6, 6.07) is 17.9. The molecule has 89 heavy (non-hydrogen) atoms. The second kappa shape index (κ2) is 30.7. The number of phenolic OH excluding ortho intramolecular Hbond substituents is 2. The largest absolute Gasteiger partial charge is 0.508 e. The Bertz CT molecular complexity index is 2840. The number of benzene rings is 3. The van der Waals surface area contributed by atoms with Crippen molar-refractivity contribution >= 4 is 36.0 Å². The summed E-state index contributed by atoms with van der Waals surface area (Å²) >= 11 is 0. The first-order valence-corrected chi connectivity index (χ1v) is 27.7. The molecule has 5 heterocycles. The van der Waals surface area contributed by atoms with Crippen molar-refractivity contribution in [1.82, 2.24) is 0 Å². The van der Waals surface area contributed by atoms with Gasteiger partial charge in [0.2, 0.25) is 5.79 Å². The first-order valence-electron chi connectivity index (χ1n) is 27.7. The Balaban J connectivity index is 1.27. The lowest BCUT2D eigenvalue weighted by Crippen LogP contribution is -2.69. The van der Waals surface area contributed by atoms with Crippen molar-refractivity contribution < 1.29 is 157 Å². The molecule has 0 radical (unpaired) electrons. The van der Waals surface area contributed by atoms with Gasteiger partial charge < -0.3 is 138 Å². The number of hydrogen-bond donors (Lipinski definition) is 15. The van der Waals surface area contributed by atoms with Crippen LogP contribution in [0, 0.1) is 0 Å². The summed E-state index contributed by atoms with van der Waals surface area (Å²) in [4.78, 5) is 54.1. The smallest absolute Gasteiger partial charge is 0.338 e. The van der Waals surface area contributed by atoms with Crippen LogP contribution in [0.1, 0.15) is 28.4 Å². The molecule has 0 spiro atoms. The number of rotatable bonds is 23. The third-order valence-corrected chi connectivity index (χ3v) is 14.9. The van der Waals surface area contributed by atoms with Gasteiger partial charge in [-0.3, -0.25) is 4.79 Å². The van der Waals surface area contributed by atoms with Gasteiger partial charge in [0.25, 0.3) is 0 Å². The highest BCUT2D eigenvalue weighted by atomic mass is 16.8. The molecular weight excluding hydrogens is 1200 g/mol. The molecule has 5 saturated heterocycles. The topological polar surface area (TPSA) is 492 Å². The molecular formula is C57H70O32. The van der Waals surface area contributed by atoms with Crippen molar-refractivity contribution in [2.24, 2.45) is 0 Å². The number of esters is 4. The number of ether oxygens (including phenoxy) is 13. The Hall–Kier alpha value is -6.26. The maximum absolute atomic E-state index is 14.1. The van der Waals surface area contributed by atoms with E-state index in [2.05, 4.69) is 0 Å². The molecule has 0 unspecified atom stereocenters. The van der Waals surface area contributed by atoms with Gasteiger partial charge in [-0.25, -0.2) is 14.4 Å². The number of carbonyl (C=O) groups is 4. The lowest BCUT2D eigenvalue weighted by atomic mass is 9.95. The van der Waals surface area contributed by atoms with E-state index in [1.165, 1.54) is 84.9 Å². The number of phenols is 2. The van der Waals surface area contributed by atoms with Crippen LogP contribution in [0.15, 0.2) is 91.0 Å². The molecule has 3 aromatic rings. The first kappa shape index (κ1) is 68.6. The van der Waals surface area contributed by atoms with Crippen LogP contribution in [-0.4, -0.2) is 287 Å². The van der Waals surface area contributed by atoms with Gasteiger partial charge in [0.1, 0.15) is 128 Å². The van der Waals surface area contributed by atoms with Crippen molar-refractivity contribution in [3.8, 4) is 11.5 Å². The quantitative estimate of drug-likeness (QED) is 0.0239. The van der Waals surface area contributed by atoms with Gasteiger partial charge in [-0.05, 0) is 59.7 Å². The van der Waals surface area contributed by atoms with E-state index < -0.39 is 210 Å². The van der Waals surface area contributed by atoms with Crippen LogP contribution in [0.25, 0.3) is 12.2 Å². The average molecular weight is 1270 g/mol. The van der Waals surface area contributed by atoms with E-state index in [4.69, 9.17) is 61.6 Å². The normalized spacial score (nSPS) is 37.4. The molecule has 0 aromatic heterocycles. The van der Waals surface area contributed by atoms with Crippen LogP contribution in [0.2, 0.25) is 0 Å². The third kappa shape index (κ3) is 16.3. The second-order valence-electron chi connectivity index (χ2n) is 21.1. The maximum atomic E-state index is 14.1. The Morgan fingerprint density at radius 1 is 0.472 bits per heavy atom. The molecule has 15 N–H and O–H groups in total. The Morgan fingerprint density at radius 2 is 0.955 bits per heavy atom. The monoisotopic (exact) mass is 1270 g/mol. The molecule has 32 nitrogen and oxygen atoms in total. The molecule has 0 bridgehead atoms. The molecule has 8 rings (SSSR count). The van der Waals surface area contributed by atoms with E-state index >= 15 is 0 Å². The third-order valence-electron chi connectivity index (χ3n) is 14.9. The van der Waals surface area contributed by atoms with Crippen LogP contribution in [0.4, 0.5) is 0 Å². The van der Waals surface area contributed by atoms with Gasteiger partial charge >= 0.3 is 23.9 Å². The zero-order valence-electron chi connectivity index (χ0n) is 47.0. The number of carbonyl (C=O) groups excluding carboxylic acids is 4. The van der Waals surface area contributed by atoms with E-state index in [0.717, 1.165) is 19.1 Å². The highest BCUT2D eigenvalue weighted by Gasteiger charge is 2.64. The van der Waals surface area contributed by atoms with E-state index in [-0.39, 0.29) is 17.1 Å². The van der Waals surface area contributed by atoms with Crippen molar-refractivity contribution in [2.75, 3.05) is 39.6 Å². The van der Waals surface area contributed by atoms with Crippen molar-refractivity contribution in [2.45, 2.75) is 154 Å². The van der Waals surface area contributed by atoms with Gasteiger partial charge in [0, 0.05) is 19.1 Å². The zero-order chi connectivity index (χ0) is 64.4. The highest BCUT2D eigenvalue weighted by Crippen LogP contribution is 2.42. The van der Waals surface area contributed by atoms with Crippen LogP contribution in [-0.2, 0) is 76.0 Å². The fourth-order valence-corrected chi connectivity index (χ4v) is 10.1. The lowest BCUT2D eigenvalue weighted by Gasteiger charge is -2.51. The Morgan fingerprint density at radius 3 is 1.48 bits per heavy atom. The number of aliphatic hydroxyl groups excluding tert-OH is 13. The number of aliphatic hydroxyl groups is 13. The van der Waals surface area contributed by atoms with E-state index in [0.29, 0.717) is 11.1 Å². The Labute approximate surface area is 504 Å². The molecule has 0 amide bonds. The minimum absolute atomic E-state index is 0.105. The van der Waals surface area contributed by atoms with Crippen LogP contribution < -0.4 is 0 Å². The molecule has 5 aliphatic rings. The minimum atomic E-state index is -2.97. The molecule has 32 heteroatoms. The first-order chi connectivity index (χ1) is 42.5. The summed E-state index contributed by atoms with van der Waals surface area (Å²) in [5.41, 5.74) is 0.548. The minimum Gasteiger partial charge on any atom is -0.508 e. The summed E-state index contributed by atoms with van der Waals surface area (Å²) in [6.45, 7) is -5.52. The molecule has 5 aliphatic heterocycles. The molecule has 3 aromatic carbocycles. The van der Waals surface area contributed by atoms with Crippen molar-refractivity contribution in [3.63, 3.8) is 0 Å². The Kier molecular flexibility index (Phi) is 23.7. The van der Waals surface area contributed by atoms with E-state index in [1.54, 1.807) is 6.07 Å². The fraction of sp³-hybridized carbons (Fsp3) is 0.544. The summed E-state index contributed by atoms with van der Waals surface area (Å²) in [6.07, 6.45) is -44.9. The zero-order valence-corrected chi connectivity index (χ0v) is 47.0. The molecule has 490 valence electrons. The standard InChI is InChI=1S/C57H70O32/c1-25(62)77-23-35-40(69)48(84-53-44(73)42(71)38(67)31(19-58)79-53)46(75)55(82-35)85-49-47(83-37(66)18-12-27-9-15-30(64)16-10-27)34(22-61)81-56(50(49)86-54-45(74)43(72)39(68)32(20-59)80-54)89-57(24-78-36(65)17-11-26-7-13-29(63)14-8-26)51(41(70)33(21-60)88-57)87-52(76)28-5-3-2-4-6-28/h2-18,31-35,38-51,53-56,58-61,63-64,67-75H,19-24H2,1H3/b17-11+,18-12+/t31-,32-,33-,34-,35-,38-,39-,40-,41-,42+,43+,44-,45-,46-,47-,48+,49+,50-,51+,53+,54+,55+,56-,57+/m1/s1. The predicted octanol–water partition coefficient (Wildman–Crippen LogP) is -5.55. The summed E-state index contributed by atoms with van der Waals surface area (Å²) in [5, 5.41) is 164. The SMILES string of the molecule is CC(=O)OC[C@H]1O[C@@H](O[C@@H]2[C@@H](O[C@@H]3O[C@H](CO)[C@@H](O)[C@H](O)[C@H]3O)[C@@H](O[C@]3(COC(=O)/C=C/c4ccc(O)cc4)O[C@H](CO)[C@@H](O)[C@@H]3OC(=O)c3ccccc3)O[C@H](CO)[C@H]2OC(=O)/C=C/c2ccc(O)cc2)[C@H](O)[C@@H](O[C@@H]2O[C@H](CO)[C@@H](O)[C@H](O)[C@H]2O)[C@@H]1O. The second-order valence-corrected chi connectivity index (χ2v) is 21.1. The van der Waals surface area contributed by atoms with Crippen LogP contribution >= 0.6 is 0 Å². The van der Waals surface area contributed by atoms with Gasteiger partial charge in [0.05, 0.1) is 32.0 Å². The van der Waals surface area contributed by atoms with Crippen LogP contribution in [0.3, 0.4) is 0 Å². The fourth-order valence-electron chi connectivity index (χ4n) is 10.1. The summed E-state index contributed by atoms with van der Waals surface area (Å²) in [5.74, 6) is -7.81. The predicted molar refractivity (Wildman–Crippen MR) is 288 cm³/mol. The van der Waals surface area contributed by atoms with Gasteiger partial charge in [-0.1, -0.05) is 42.5 Å². The van der Waals surface area contributed by atoms with Gasteiger partial charge in [0.15, 0.2) is 37.4 Å². The van der Waals surface area contributed by atoms with Crippen molar-refractivity contribution in [3.05, 3.63) is 108 Å². The molecule has 5 fully saturated rings. The number of aromatic hydroxyl groups is 2. The summed E-state index contributed by atoms with van der Waals surface area (Å²) in [7, 11) is 0. The molecule has 24 atom stereocenters. The lowest BCUT2D eigenvalue weighted by molar-refractivity contribution is -0.423. The van der Waals surface area contributed by atoms with E-state index in [9.17, 15) is 95.8 Å². The molecule has 0 aliphatic carbocycles.